The Labute approximate surface area is 156 Å². The van der Waals surface area contributed by atoms with Crippen LogP contribution in [-0.2, 0) is 19.1 Å². The lowest BCUT2D eigenvalue weighted by atomic mass is 10.0. The second kappa shape index (κ2) is 9.05. The summed E-state index contributed by atoms with van der Waals surface area (Å²) in [6, 6.07) is -1.27. The number of amides is 3. The van der Waals surface area contributed by atoms with Crippen LogP contribution in [0.4, 0.5) is 4.79 Å². The van der Waals surface area contributed by atoms with Gasteiger partial charge < -0.3 is 14.8 Å². The smallest absolute Gasteiger partial charge is 0.408 e. The molecule has 0 aromatic heterocycles. The highest BCUT2D eigenvalue weighted by Crippen LogP contribution is 2.27. The maximum atomic E-state index is 13.0. The van der Waals surface area contributed by atoms with Crippen LogP contribution in [0, 0.1) is 5.92 Å². The van der Waals surface area contributed by atoms with Crippen LogP contribution >= 0.6 is 0 Å². The summed E-state index contributed by atoms with van der Waals surface area (Å²) in [5, 5.41) is 2.61. The Morgan fingerprint density at radius 3 is 2.38 bits per heavy atom. The summed E-state index contributed by atoms with van der Waals surface area (Å²) >= 11 is 0. The Hall–Kier alpha value is -2.05. The van der Waals surface area contributed by atoms with Gasteiger partial charge in [-0.15, -0.1) is 0 Å². The molecular weight excluding hydrogens is 336 g/mol. The van der Waals surface area contributed by atoms with Gasteiger partial charge in [0.1, 0.15) is 17.4 Å². The van der Waals surface area contributed by atoms with E-state index in [1.807, 2.05) is 20.8 Å². The molecule has 1 aliphatic heterocycles. The Morgan fingerprint density at radius 2 is 1.92 bits per heavy atom. The van der Waals surface area contributed by atoms with Crippen molar-refractivity contribution in [2.24, 2.45) is 5.92 Å². The maximum Gasteiger partial charge on any atom is 0.408 e. The summed E-state index contributed by atoms with van der Waals surface area (Å²) < 4.78 is 10.5. The number of rotatable bonds is 7. The molecule has 0 saturated heterocycles. The fourth-order valence-electron chi connectivity index (χ4n) is 2.86. The molecule has 3 amide bonds. The molecule has 26 heavy (non-hydrogen) atoms. The van der Waals surface area contributed by atoms with Crippen molar-refractivity contribution in [1.29, 1.82) is 0 Å². The zero-order valence-corrected chi connectivity index (χ0v) is 16.9. The van der Waals surface area contributed by atoms with Crippen LogP contribution in [0.3, 0.4) is 0 Å². The minimum atomic E-state index is -0.821. The lowest BCUT2D eigenvalue weighted by Gasteiger charge is -2.30. The Kier molecular flexibility index (Phi) is 7.66. The van der Waals surface area contributed by atoms with E-state index in [4.69, 9.17) is 9.47 Å². The number of hydrogen-bond acceptors (Lipinski definition) is 5. The highest BCUT2D eigenvalue weighted by molar-refractivity contribution is 6.06. The molecule has 1 rings (SSSR count). The van der Waals surface area contributed by atoms with Crippen molar-refractivity contribution in [3.8, 4) is 0 Å². The number of alkyl carbamates (subject to hydrolysis) is 1. The van der Waals surface area contributed by atoms with Gasteiger partial charge in [-0.1, -0.05) is 27.2 Å². The van der Waals surface area contributed by atoms with Crippen LogP contribution in [0.2, 0.25) is 0 Å². The number of carbonyl (C=O) groups is 3. The van der Waals surface area contributed by atoms with Gasteiger partial charge in [0.2, 0.25) is 0 Å². The lowest BCUT2D eigenvalue weighted by Crippen LogP contribution is -2.53. The average Bonchev–Trinajstić information content (AvgIpc) is 2.79. The third-order valence-electron chi connectivity index (χ3n) is 3.88. The van der Waals surface area contributed by atoms with Crippen LogP contribution in [0.15, 0.2) is 11.8 Å². The van der Waals surface area contributed by atoms with Gasteiger partial charge in [-0.3, -0.25) is 14.5 Å². The molecule has 0 aliphatic carbocycles. The molecule has 0 saturated carbocycles. The molecule has 0 aromatic carbocycles. The van der Waals surface area contributed by atoms with Gasteiger partial charge in [0.05, 0.1) is 13.2 Å². The van der Waals surface area contributed by atoms with E-state index in [2.05, 4.69) is 5.32 Å². The largest absolute Gasteiger partial charge is 0.499 e. The molecule has 0 aromatic rings. The predicted octanol–water partition coefficient (Wildman–Crippen LogP) is 2.99. The van der Waals surface area contributed by atoms with Gasteiger partial charge >= 0.3 is 6.09 Å². The third kappa shape index (κ3) is 6.04. The van der Waals surface area contributed by atoms with E-state index >= 15 is 0 Å². The van der Waals surface area contributed by atoms with E-state index in [-0.39, 0.29) is 5.92 Å². The van der Waals surface area contributed by atoms with E-state index < -0.39 is 35.6 Å². The molecule has 148 valence electrons. The summed E-state index contributed by atoms with van der Waals surface area (Å²) in [4.78, 5) is 38.8. The van der Waals surface area contributed by atoms with Gasteiger partial charge in [-0.05, 0) is 39.5 Å². The number of nitrogens with one attached hydrogen (secondary N) is 1. The van der Waals surface area contributed by atoms with Crippen LogP contribution in [-0.4, -0.2) is 47.6 Å². The van der Waals surface area contributed by atoms with Crippen molar-refractivity contribution >= 4 is 17.9 Å². The van der Waals surface area contributed by atoms with Crippen LogP contribution in [0.1, 0.15) is 60.8 Å². The third-order valence-corrected chi connectivity index (χ3v) is 3.88. The van der Waals surface area contributed by atoms with Gasteiger partial charge in [0, 0.05) is 6.08 Å². The standard InChI is InChI=1S/C19H32N2O5/c1-8-9-13(20-18(24)26-19(4,5)6)17(23)21-14(10-12(2)3)15(25-7)11-16(21)22/h11-14H,8-10H2,1-7H3,(H,20,24)/t13-,14-/m1/s1. The minimum Gasteiger partial charge on any atom is -0.499 e. The number of hydrogen-bond donors (Lipinski definition) is 1. The van der Waals surface area contributed by atoms with Crippen molar-refractivity contribution in [2.75, 3.05) is 7.11 Å². The summed E-state index contributed by atoms with van der Waals surface area (Å²) in [7, 11) is 1.49. The SMILES string of the molecule is CCC[C@@H](NC(=O)OC(C)(C)C)C(=O)N1C(=O)C=C(OC)[C@H]1CC(C)C. The Balaban J connectivity index is 2.98. The summed E-state index contributed by atoms with van der Waals surface area (Å²) in [5.74, 6) is -0.103. The molecule has 0 bridgehead atoms. The van der Waals surface area contributed by atoms with Crippen molar-refractivity contribution in [3.05, 3.63) is 11.8 Å². The highest BCUT2D eigenvalue weighted by Gasteiger charge is 2.41. The normalized spacial score (nSPS) is 18.6. The molecule has 0 spiro atoms. The zero-order chi connectivity index (χ0) is 20.1. The molecule has 0 radical (unpaired) electrons. The molecule has 0 fully saturated rings. The van der Waals surface area contributed by atoms with Gasteiger partial charge in [0.15, 0.2) is 0 Å². The quantitative estimate of drug-likeness (QED) is 0.747. The molecule has 2 atom stereocenters. The molecule has 1 heterocycles. The first-order valence-electron chi connectivity index (χ1n) is 9.12. The molecular formula is C19H32N2O5. The van der Waals surface area contributed by atoms with Gasteiger partial charge in [-0.25, -0.2) is 4.79 Å². The number of methoxy groups -OCH3 is 1. The summed E-state index contributed by atoms with van der Waals surface area (Å²) in [5.41, 5.74) is -0.668. The Morgan fingerprint density at radius 1 is 1.31 bits per heavy atom. The summed E-state index contributed by atoms with van der Waals surface area (Å²) in [6.07, 6.45) is 2.37. The second-order valence-electron chi connectivity index (χ2n) is 7.93. The first-order chi connectivity index (χ1) is 12.0. The van der Waals surface area contributed by atoms with Crippen molar-refractivity contribution in [2.45, 2.75) is 78.5 Å². The average molecular weight is 368 g/mol. The predicted molar refractivity (Wildman–Crippen MR) is 98.3 cm³/mol. The number of carbonyl (C=O) groups excluding carboxylic acids is 3. The number of ether oxygens (including phenoxy) is 2. The van der Waals surface area contributed by atoms with E-state index in [1.165, 1.54) is 18.1 Å². The first-order valence-corrected chi connectivity index (χ1v) is 9.12. The van der Waals surface area contributed by atoms with Crippen LogP contribution in [0.25, 0.3) is 0 Å². The monoisotopic (exact) mass is 368 g/mol. The van der Waals surface area contributed by atoms with E-state index in [9.17, 15) is 14.4 Å². The summed E-state index contributed by atoms with van der Waals surface area (Å²) in [6.45, 7) is 11.2. The van der Waals surface area contributed by atoms with Crippen LogP contribution < -0.4 is 5.32 Å². The highest BCUT2D eigenvalue weighted by atomic mass is 16.6. The van der Waals surface area contributed by atoms with Gasteiger partial charge in [0.25, 0.3) is 11.8 Å². The second-order valence-corrected chi connectivity index (χ2v) is 7.93. The van der Waals surface area contributed by atoms with E-state index in [0.29, 0.717) is 25.0 Å². The molecule has 1 N–H and O–H groups in total. The zero-order valence-electron chi connectivity index (χ0n) is 16.9. The van der Waals surface area contributed by atoms with Crippen molar-refractivity contribution < 1.29 is 23.9 Å². The van der Waals surface area contributed by atoms with Crippen molar-refractivity contribution in [1.82, 2.24) is 10.2 Å². The number of nitrogens with zero attached hydrogens (tertiary/aromatic N) is 1. The lowest BCUT2D eigenvalue weighted by molar-refractivity contribution is -0.145. The minimum absolute atomic E-state index is 0.267. The molecule has 0 unspecified atom stereocenters. The molecule has 1 aliphatic rings. The van der Waals surface area contributed by atoms with E-state index in [0.717, 1.165) is 0 Å². The molecule has 7 heteroatoms. The fourth-order valence-corrected chi connectivity index (χ4v) is 2.86. The van der Waals surface area contributed by atoms with Crippen molar-refractivity contribution in [3.63, 3.8) is 0 Å². The van der Waals surface area contributed by atoms with Gasteiger partial charge in [-0.2, -0.15) is 0 Å². The topological polar surface area (TPSA) is 84.9 Å². The Bertz CT molecular complexity index is 563. The number of imide groups is 1. The maximum absolute atomic E-state index is 13.0. The molecule has 7 nitrogen and oxygen atoms in total. The first kappa shape index (κ1) is 22.0. The fraction of sp³-hybridized carbons (Fsp3) is 0.737. The van der Waals surface area contributed by atoms with Crippen LogP contribution in [0.5, 0.6) is 0 Å². The van der Waals surface area contributed by atoms with E-state index in [1.54, 1.807) is 20.8 Å².